The number of fused-ring (bicyclic) bond motifs is 1. The van der Waals surface area contributed by atoms with Crippen molar-refractivity contribution in [2.24, 2.45) is 0 Å². The van der Waals surface area contributed by atoms with Crippen molar-refractivity contribution in [3.8, 4) is 6.07 Å². The summed E-state index contributed by atoms with van der Waals surface area (Å²) >= 11 is 0. The van der Waals surface area contributed by atoms with Crippen molar-refractivity contribution in [1.29, 1.82) is 5.26 Å². The summed E-state index contributed by atoms with van der Waals surface area (Å²) in [5.41, 5.74) is 1.88. The summed E-state index contributed by atoms with van der Waals surface area (Å²) in [5.74, 6) is -0.377. The van der Waals surface area contributed by atoms with Gasteiger partial charge in [-0.15, -0.1) is 0 Å². The molecule has 3 aromatic rings. The van der Waals surface area contributed by atoms with Gasteiger partial charge < -0.3 is 20.3 Å². The Labute approximate surface area is 199 Å². The number of hydrogen-bond acceptors (Lipinski definition) is 4. The summed E-state index contributed by atoms with van der Waals surface area (Å²) in [5, 5.41) is 17.6. The number of benzene rings is 3. The van der Waals surface area contributed by atoms with Crippen LogP contribution in [0.1, 0.15) is 11.1 Å². The van der Waals surface area contributed by atoms with Crippen molar-refractivity contribution in [3.05, 3.63) is 83.9 Å². The van der Waals surface area contributed by atoms with Gasteiger partial charge in [0.1, 0.15) is 12.1 Å². The summed E-state index contributed by atoms with van der Waals surface area (Å²) in [7, 11) is 0. The zero-order chi connectivity index (χ0) is 23.8. The first kappa shape index (κ1) is 23.3. The second-order valence-corrected chi connectivity index (χ2v) is 8.37. The van der Waals surface area contributed by atoms with Crippen LogP contribution in [0.2, 0.25) is 0 Å². The van der Waals surface area contributed by atoms with E-state index in [9.17, 15) is 14.9 Å². The second-order valence-electron chi connectivity index (χ2n) is 8.37. The minimum absolute atomic E-state index is 0.303. The lowest BCUT2D eigenvalue weighted by atomic mass is 10.0. The number of ether oxygens (including phenoxy) is 1. The quantitative estimate of drug-likeness (QED) is 0.571. The molecule has 0 aliphatic carbocycles. The lowest BCUT2D eigenvalue weighted by Crippen LogP contribution is -2.55. The molecule has 7 nitrogen and oxygen atoms in total. The van der Waals surface area contributed by atoms with Crippen LogP contribution in [0.15, 0.2) is 72.8 Å². The maximum absolute atomic E-state index is 13.2. The van der Waals surface area contributed by atoms with Crippen LogP contribution in [0, 0.1) is 11.3 Å². The van der Waals surface area contributed by atoms with E-state index < -0.39 is 12.1 Å². The lowest BCUT2D eigenvalue weighted by molar-refractivity contribution is -0.123. The Bertz CT molecular complexity index is 1170. The maximum atomic E-state index is 13.2. The SMILES string of the molecule is N#C[C@H](Cc1ccc2ccccc2c1)NC(=O)[C@H](Cc1ccccc1)NC(=O)N1CCOCC1. The molecule has 0 bridgehead atoms. The van der Waals surface area contributed by atoms with E-state index in [1.807, 2.05) is 72.8 Å². The first-order valence-electron chi connectivity index (χ1n) is 11.5. The van der Waals surface area contributed by atoms with Crippen LogP contribution < -0.4 is 10.6 Å². The smallest absolute Gasteiger partial charge is 0.318 e. The Balaban J connectivity index is 1.45. The number of carbonyl (C=O) groups is 2. The van der Waals surface area contributed by atoms with Gasteiger partial charge >= 0.3 is 6.03 Å². The molecule has 0 saturated carbocycles. The van der Waals surface area contributed by atoms with Crippen molar-refractivity contribution in [1.82, 2.24) is 15.5 Å². The molecule has 2 atom stereocenters. The Hall–Kier alpha value is -3.89. The van der Waals surface area contributed by atoms with Gasteiger partial charge in [-0.3, -0.25) is 4.79 Å². The van der Waals surface area contributed by atoms with E-state index in [-0.39, 0.29) is 11.9 Å². The Morgan fingerprint density at radius 1 is 0.882 bits per heavy atom. The summed E-state index contributed by atoms with van der Waals surface area (Å²) in [4.78, 5) is 27.7. The van der Waals surface area contributed by atoms with Gasteiger partial charge in [-0.05, 0) is 21.9 Å². The van der Waals surface area contributed by atoms with Gasteiger partial charge in [0.05, 0.1) is 19.3 Å². The molecule has 0 unspecified atom stereocenters. The first-order valence-corrected chi connectivity index (χ1v) is 11.5. The van der Waals surface area contributed by atoms with E-state index in [0.29, 0.717) is 39.1 Å². The highest BCUT2D eigenvalue weighted by molar-refractivity contribution is 5.88. The monoisotopic (exact) mass is 456 g/mol. The molecule has 0 aromatic heterocycles. The fraction of sp³-hybridized carbons (Fsp3) is 0.296. The number of urea groups is 1. The molecular formula is C27H28N4O3. The molecule has 1 heterocycles. The molecule has 0 radical (unpaired) electrons. The third kappa shape index (κ3) is 6.12. The van der Waals surface area contributed by atoms with Gasteiger partial charge in [0.2, 0.25) is 5.91 Å². The second kappa shape index (κ2) is 11.3. The van der Waals surface area contributed by atoms with Crippen LogP contribution in [-0.4, -0.2) is 55.2 Å². The highest BCUT2D eigenvalue weighted by Crippen LogP contribution is 2.17. The molecule has 7 heteroatoms. The molecule has 174 valence electrons. The number of morpholine rings is 1. The van der Waals surface area contributed by atoms with Crippen LogP contribution in [-0.2, 0) is 22.4 Å². The van der Waals surface area contributed by atoms with Crippen molar-refractivity contribution in [3.63, 3.8) is 0 Å². The van der Waals surface area contributed by atoms with E-state index in [2.05, 4.69) is 16.7 Å². The Kier molecular flexibility index (Phi) is 7.74. The number of amides is 3. The number of nitrogens with one attached hydrogen (secondary N) is 2. The highest BCUT2D eigenvalue weighted by Gasteiger charge is 2.26. The van der Waals surface area contributed by atoms with Gasteiger partial charge in [0.25, 0.3) is 0 Å². The summed E-state index contributed by atoms with van der Waals surface area (Å²) in [6.07, 6.45) is 0.708. The molecule has 2 N–H and O–H groups in total. The van der Waals surface area contributed by atoms with Gasteiger partial charge in [0, 0.05) is 25.9 Å². The molecule has 1 fully saturated rings. The fourth-order valence-electron chi connectivity index (χ4n) is 4.07. The van der Waals surface area contributed by atoms with E-state index >= 15 is 0 Å². The van der Waals surface area contributed by atoms with Crippen LogP contribution in [0.4, 0.5) is 4.79 Å². The van der Waals surface area contributed by atoms with Gasteiger partial charge in [-0.25, -0.2) is 4.79 Å². The van der Waals surface area contributed by atoms with E-state index in [4.69, 9.17) is 4.74 Å². The topological polar surface area (TPSA) is 94.5 Å². The van der Waals surface area contributed by atoms with Crippen LogP contribution >= 0.6 is 0 Å². The van der Waals surface area contributed by atoms with E-state index in [1.165, 1.54) is 0 Å². The standard InChI is InChI=1S/C27H28N4O3/c28-19-24(17-21-10-11-22-8-4-5-9-23(22)16-21)29-26(32)25(18-20-6-2-1-3-7-20)30-27(33)31-12-14-34-15-13-31/h1-11,16,24-25H,12-15,17-18H2,(H,29,32)(H,30,33)/t24-,25-/m0/s1. The van der Waals surface area contributed by atoms with Gasteiger partial charge in [-0.2, -0.15) is 5.26 Å². The molecule has 1 aliphatic rings. The van der Waals surface area contributed by atoms with Crippen LogP contribution in [0.5, 0.6) is 0 Å². The van der Waals surface area contributed by atoms with Gasteiger partial charge in [0.15, 0.2) is 0 Å². The van der Waals surface area contributed by atoms with E-state index in [1.54, 1.807) is 4.90 Å². The van der Waals surface area contributed by atoms with Crippen LogP contribution in [0.25, 0.3) is 10.8 Å². The van der Waals surface area contributed by atoms with Gasteiger partial charge in [-0.1, -0.05) is 72.8 Å². The van der Waals surface area contributed by atoms with Crippen molar-refractivity contribution in [2.75, 3.05) is 26.3 Å². The summed E-state index contributed by atoms with van der Waals surface area (Å²) in [6.45, 7) is 1.92. The third-order valence-electron chi connectivity index (χ3n) is 5.92. The first-order chi connectivity index (χ1) is 16.6. The average Bonchev–Trinajstić information content (AvgIpc) is 2.88. The predicted octanol–water partition coefficient (Wildman–Crippen LogP) is 3.04. The summed E-state index contributed by atoms with van der Waals surface area (Å²) in [6, 6.07) is 23.9. The molecule has 3 amide bonds. The van der Waals surface area contributed by atoms with Crippen molar-refractivity contribution in [2.45, 2.75) is 24.9 Å². The predicted molar refractivity (Wildman–Crippen MR) is 130 cm³/mol. The maximum Gasteiger partial charge on any atom is 0.318 e. The minimum atomic E-state index is -0.801. The molecule has 1 aliphatic heterocycles. The fourth-order valence-corrected chi connectivity index (χ4v) is 4.07. The third-order valence-corrected chi connectivity index (χ3v) is 5.92. The molecule has 0 spiro atoms. The number of nitrogens with zero attached hydrogens (tertiary/aromatic N) is 2. The molecule has 4 rings (SSSR count). The number of carbonyl (C=O) groups excluding carboxylic acids is 2. The normalized spacial score (nSPS) is 15.2. The molecule has 3 aromatic carbocycles. The summed E-state index contributed by atoms with van der Waals surface area (Å²) < 4.78 is 5.31. The number of hydrogen-bond donors (Lipinski definition) is 2. The van der Waals surface area contributed by atoms with Crippen LogP contribution in [0.3, 0.4) is 0 Å². The minimum Gasteiger partial charge on any atom is -0.378 e. The molecular weight excluding hydrogens is 428 g/mol. The average molecular weight is 457 g/mol. The van der Waals surface area contributed by atoms with Crippen molar-refractivity contribution >= 4 is 22.7 Å². The highest BCUT2D eigenvalue weighted by atomic mass is 16.5. The number of nitriles is 1. The lowest BCUT2D eigenvalue weighted by Gasteiger charge is -2.29. The number of rotatable bonds is 7. The Morgan fingerprint density at radius 3 is 2.32 bits per heavy atom. The Morgan fingerprint density at radius 2 is 1.59 bits per heavy atom. The van der Waals surface area contributed by atoms with E-state index in [0.717, 1.165) is 21.9 Å². The molecule has 1 saturated heterocycles. The zero-order valence-electron chi connectivity index (χ0n) is 18.9. The largest absolute Gasteiger partial charge is 0.378 e. The zero-order valence-corrected chi connectivity index (χ0v) is 18.9. The van der Waals surface area contributed by atoms with Crippen molar-refractivity contribution < 1.29 is 14.3 Å². The molecule has 34 heavy (non-hydrogen) atoms.